The molecule has 1 heterocycles. The van der Waals surface area contributed by atoms with Crippen LogP contribution in [0.3, 0.4) is 0 Å². The lowest BCUT2D eigenvalue weighted by molar-refractivity contribution is -0.137. The van der Waals surface area contributed by atoms with Gasteiger partial charge < -0.3 is 20.7 Å². The Kier molecular flexibility index (Phi) is 9.05. The Morgan fingerprint density at radius 1 is 1.23 bits per heavy atom. The van der Waals surface area contributed by atoms with Crippen LogP contribution >= 0.6 is 0 Å². The minimum absolute atomic E-state index is 0.0681. The molecule has 0 spiro atoms. The average Bonchev–Trinajstić information content (AvgIpc) is 3.10. The Morgan fingerprint density at radius 3 is 2.57 bits per heavy atom. The van der Waals surface area contributed by atoms with Gasteiger partial charge in [0.05, 0.1) is 6.61 Å². The number of benzene rings is 1. The van der Waals surface area contributed by atoms with E-state index in [1.54, 1.807) is 6.92 Å². The third-order valence-corrected chi connectivity index (χ3v) is 4.76. The fraction of sp³-hybridized carbons (Fsp3) is 0.455. The first-order chi connectivity index (χ1) is 14.4. The molecule has 3 N–H and O–H groups in total. The Balaban J connectivity index is 2.12. The average molecular weight is 415 g/mol. The molecule has 30 heavy (non-hydrogen) atoms. The molecule has 1 aliphatic heterocycles. The number of hydrogen-bond donors (Lipinski definition) is 3. The SMILES string of the molecule is CCOC(=O)C=C[C@H](C[C@@H]1CCNC1=O)NC(=O)[C@H](Cc1ccccc1)NC(C)=O. The largest absolute Gasteiger partial charge is 0.463 e. The van der Waals surface area contributed by atoms with Crippen LogP contribution in [0.2, 0.25) is 0 Å². The smallest absolute Gasteiger partial charge is 0.330 e. The summed E-state index contributed by atoms with van der Waals surface area (Å²) in [5.41, 5.74) is 0.903. The van der Waals surface area contributed by atoms with Crippen LogP contribution in [0.4, 0.5) is 0 Å². The number of carbonyl (C=O) groups is 4. The molecule has 0 aromatic heterocycles. The number of nitrogens with one attached hydrogen (secondary N) is 3. The number of ether oxygens (including phenoxy) is 1. The van der Waals surface area contributed by atoms with Crippen molar-refractivity contribution >= 4 is 23.7 Å². The zero-order chi connectivity index (χ0) is 21.9. The van der Waals surface area contributed by atoms with Crippen molar-refractivity contribution in [2.24, 2.45) is 5.92 Å². The molecule has 0 bridgehead atoms. The highest BCUT2D eigenvalue weighted by Crippen LogP contribution is 2.17. The van der Waals surface area contributed by atoms with Gasteiger partial charge in [0.15, 0.2) is 0 Å². The van der Waals surface area contributed by atoms with Crippen molar-refractivity contribution in [3.05, 3.63) is 48.0 Å². The van der Waals surface area contributed by atoms with Crippen molar-refractivity contribution in [2.75, 3.05) is 13.2 Å². The Labute approximate surface area is 176 Å². The first-order valence-electron chi connectivity index (χ1n) is 10.1. The minimum atomic E-state index is -0.777. The molecule has 162 valence electrons. The molecule has 1 fully saturated rings. The molecule has 8 heteroatoms. The van der Waals surface area contributed by atoms with Crippen molar-refractivity contribution in [1.29, 1.82) is 0 Å². The van der Waals surface area contributed by atoms with Gasteiger partial charge in [-0.3, -0.25) is 14.4 Å². The summed E-state index contributed by atoms with van der Waals surface area (Å²) in [4.78, 5) is 48.2. The van der Waals surface area contributed by atoms with E-state index in [1.165, 1.54) is 19.1 Å². The second-order valence-corrected chi connectivity index (χ2v) is 7.18. The molecule has 1 aliphatic rings. The lowest BCUT2D eigenvalue weighted by atomic mass is 9.97. The maximum Gasteiger partial charge on any atom is 0.330 e. The standard InChI is InChI=1S/C22H29N3O5/c1-3-30-20(27)10-9-18(14-17-11-12-23-21(17)28)25-22(29)19(24-15(2)26)13-16-7-5-4-6-8-16/h4-10,17-19H,3,11-14H2,1-2H3,(H,23,28)(H,24,26)(H,25,29)/t17-,18+,19-/m0/s1. The van der Waals surface area contributed by atoms with E-state index in [0.717, 1.165) is 5.56 Å². The van der Waals surface area contributed by atoms with Crippen molar-refractivity contribution < 1.29 is 23.9 Å². The quantitative estimate of drug-likeness (QED) is 0.388. The van der Waals surface area contributed by atoms with Crippen LogP contribution in [0.15, 0.2) is 42.5 Å². The third kappa shape index (κ3) is 7.69. The number of hydrogen-bond acceptors (Lipinski definition) is 5. The molecule has 2 rings (SSSR count). The summed E-state index contributed by atoms with van der Waals surface area (Å²) < 4.78 is 4.89. The molecule has 8 nitrogen and oxygen atoms in total. The van der Waals surface area contributed by atoms with E-state index in [9.17, 15) is 19.2 Å². The second kappa shape index (κ2) is 11.7. The number of carbonyl (C=O) groups excluding carboxylic acids is 4. The zero-order valence-electron chi connectivity index (χ0n) is 17.4. The summed E-state index contributed by atoms with van der Waals surface area (Å²) in [6, 6.07) is 8.03. The fourth-order valence-electron chi connectivity index (χ4n) is 3.33. The molecule has 1 saturated heterocycles. The highest BCUT2D eigenvalue weighted by molar-refractivity contribution is 5.88. The fourth-order valence-corrected chi connectivity index (χ4v) is 3.33. The summed E-state index contributed by atoms with van der Waals surface area (Å²) in [6.45, 7) is 3.89. The van der Waals surface area contributed by atoms with E-state index < -0.39 is 18.1 Å². The van der Waals surface area contributed by atoms with E-state index >= 15 is 0 Å². The predicted molar refractivity (Wildman–Crippen MR) is 111 cm³/mol. The highest BCUT2D eigenvalue weighted by Gasteiger charge is 2.29. The van der Waals surface area contributed by atoms with Gasteiger partial charge >= 0.3 is 5.97 Å². The van der Waals surface area contributed by atoms with Crippen LogP contribution in [0.25, 0.3) is 0 Å². The Bertz CT molecular complexity index is 778. The van der Waals surface area contributed by atoms with Crippen LogP contribution in [-0.4, -0.2) is 48.9 Å². The van der Waals surface area contributed by atoms with Crippen LogP contribution < -0.4 is 16.0 Å². The number of esters is 1. The van der Waals surface area contributed by atoms with E-state index in [2.05, 4.69) is 16.0 Å². The number of amides is 3. The van der Waals surface area contributed by atoms with E-state index in [4.69, 9.17) is 4.74 Å². The highest BCUT2D eigenvalue weighted by atomic mass is 16.5. The maximum atomic E-state index is 12.9. The minimum Gasteiger partial charge on any atom is -0.463 e. The summed E-state index contributed by atoms with van der Waals surface area (Å²) in [6.07, 6.45) is 4.13. The van der Waals surface area contributed by atoms with Gasteiger partial charge in [-0.25, -0.2) is 4.79 Å². The summed E-state index contributed by atoms with van der Waals surface area (Å²) in [5.74, 6) is -1.54. The Hall–Kier alpha value is -3.16. The van der Waals surface area contributed by atoms with Gasteiger partial charge in [-0.05, 0) is 25.3 Å². The van der Waals surface area contributed by atoms with Crippen LogP contribution in [0.5, 0.6) is 0 Å². The lowest BCUT2D eigenvalue weighted by Gasteiger charge is -2.23. The molecule has 0 radical (unpaired) electrons. The Morgan fingerprint density at radius 2 is 1.97 bits per heavy atom. The monoisotopic (exact) mass is 415 g/mol. The molecule has 3 amide bonds. The van der Waals surface area contributed by atoms with Gasteiger partial charge in [0.1, 0.15) is 6.04 Å². The van der Waals surface area contributed by atoms with Gasteiger partial charge in [0, 0.05) is 37.9 Å². The topological polar surface area (TPSA) is 114 Å². The lowest BCUT2D eigenvalue weighted by Crippen LogP contribution is -2.50. The van der Waals surface area contributed by atoms with Crippen LogP contribution in [0, 0.1) is 5.92 Å². The van der Waals surface area contributed by atoms with E-state index in [0.29, 0.717) is 25.8 Å². The summed E-state index contributed by atoms with van der Waals surface area (Å²) >= 11 is 0. The predicted octanol–water partition coefficient (Wildman–Crippen LogP) is 0.864. The molecule has 1 aromatic rings. The van der Waals surface area contributed by atoms with Crippen LogP contribution in [0.1, 0.15) is 32.3 Å². The third-order valence-electron chi connectivity index (χ3n) is 4.76. The van der Waals surface area contributed by atoms with Gasteiger partial charge in [-0.15, -0.1) is 0 Å². The van der Waals surface area contributed by atoms with Gasteiger partial charge in [0.25, 0.3) is 0 Å². The van der Waals surface area contributed by atoms with Crippen molar-refractivity contribution in [3.8, 4) is 0 Å². The number of rotatable bonds is 10. The van der Waals surface area contributed by atoms with E-state index in [1.807, 2.05) is 30.3 Å². The molecule has 3 atom stereocenters. The van der Waals surface area contributed by atoms with Gasteiger partial charge in [-0.2, -0.15) is 0 Å². The van der Waals surface area contributed by atoms with Crippen molar-refractivity contribution in [3.63, 3.8) is 0 Å². The molecule has 0 aliphatic carbocycles. The maximum absolute atomic E-state index is 12.9. The molecular weight excluding hydrogens is 386 g/mol. The molecule has 0 saturated carbocycles. The van der Waals surface area contributed by atoms with Gasteiger partial charge in [-0.1, -0.05) is 36.4 Å². The van der Waals surface area contributed by atoms with Crippen molar-refractivity contribution in [1.82, 2.24) is 16.0 Å². The first kappa shape index (κ1) is 23.1. The van der Waals surface area contributed by atoms with Gasteiger partial charge in [0.2, 0.25) is 17.7 Å². The first-order valence-corrected chi connectivity index (χ1v) is 10.1. The summed E-state index contributed by atoms with van der Waals surface area (Å²) in [7, 11) is 0. The zero-order valence-corrected chi connectivity index (χ0v) is 17.4. The van der Waals surface area contributed by atoms with E-state index in [-0.39, 0.29) is 30.2 Å². The molecule has 1 aromatic carbocycles. The van der Waals surface area contributed by atoms with Crippen molar-refractivity contribution in [2.45, 2.75) is 45.2 Å². The molecular formula is C22H29N3O5. The summed E-state index contributed by atoms with van der Waals surface area (Å²) in [5, 5.41) is 8.31. The normalized spacial score (nSPS) is 17.8. The molecule has 0 unspecified atom stereocenters. The van der Waals surface area contributed by atoms with Crippen LogP contribution in [-0.2, 0) is 30.3 Å². The second-order valence-electron chi connectivity index (χ2n) is 7.18.